The van der Waals surface area contributed by atoms with Gasteiger partial charge in [0.2, 0.25) is 11.7 Å². The summed E-state index contributed by atoms with van der Waals surface area (Å²) in [5, 5.41) is 3.27. The highest BCUT2D eigenvalue weighted by Gasteiger charge is 2.47. The molecular formula is C22H25N3O5. The van der Waals surface area contributed by atoms with Crippen molar-refractivity contribution >= 4 is 17.9 Å². The molecule has 3 heterocycles. The van der Waals surface area contributed by atoms with E-state index in [-0.39, 0.29) is 36.8 Å². The number of piperidine rings is 1. The number of ether oxygens (including phenoxy) is 1. The molecule has 0 bridgehead atoms. The highest BCUT2D eigenvalue weighted by Crippen LogP contribution is 2.28. The molecule has 3 amide bonds. The van der Waals surface area contributed by atoms with Gasteiger partial charge in [0, 0.05) is 0 Å². The van der Waals surface area contributed by atoms with Crippen molar-refractivity contribution in [2.75, 3.05) is 13.7 Å². The Kier molecular flexibility index (Phi) is 5.59. The number of hydrogen-bond acceptors (Lipinski definition) is 6. The number of amides is 3. The molecule has 2 saturated heterocycles. The summed E-state index contributed by atoms with van der Waals surface area (Å²) in [6.07, 6.45) is 1.61. The third kappa shape index (κ3) is 3.82. The van der Waals surface area contributed by atoms with Crippen LogP contribution in [0.1, 0.15) is 40.3 Å². The normalized spacial score (nSPS) is 21.5. The molecule has 1 aromatic heterocycles. The Labute approximate surface area is 174 Å². The van der Waals surface area contributed by atoms with Gasteiger partial charge in [0.1, 0.15) is 11.8 Å². The van der Waals surface area contributed by atoms with Crippen LogP contribution >= 0.6 is 0 Å². The number of hydrogen-bond donors (Lipinski definition) is 1. The van der Waals surface area contributed by atoms with Crippen molar-refractivity contribution in [1.29, 1.82) is 0 Å². The van der Waals surface area contributed by atoms with E-state index in [1.807, 2.05) is 31.2 Å². The van der Waals surface area contributed by atoms with Crippen molar-refractivity contribution in [3.8, 4) is 0 Å². The second-order valence-corrected chi connectivity index (χ2v) is 7.72. The first-order valence-corrected chi connectivity index (χ1v) is 10.1. The van der Waals surface area contributed by atoms with Gasteiger partial charge in [0.25, 0.3) is 0 Å². The molecule has 0 saturated carbocycles. The van der Waals surface area contributed by atoms with Gasteiger partial charge in [-0.2, -0.15) is 0 Å². The largest absolute Gasteiger partial charge is 0.463 e. The number of esters is 1. The molecule has 0 aliphatic carbocycles. The molecule has 1 aromatic carbocycles. The first-order chi connectivity index (χ1) is 14.5. The topological polar surface area (TPSA) is 92.1 Å². The van der Waals surface area contributed by atoms with Gasteiger partial charge in [-0.05, 0) is 44.0 Å². The maximum absolute atomic E-state index is 13.3. The third-order valence-corrected chi connectivity index (χ3v) is 5.67. The van der Waals surface area contributed by atoms with Crippen LogP contribution in [0.15, 0.2) is 40.8 Å². The van der Waals surface area contributed by atoms with E-state index >= 15 is 0 Å². The molecule has 8 heteroatoms. The zero-order chi connectivity index (χ0) is 21.3. The summed E-state index contributed by atoms with van der Waals surface area (Å²) in [5.74, 6) is -0.212. The van der Waals surface area contributed by atoms with Crippen molar-refractivity contribution < 1.29 is 23.5 Å². The second kappa shape index (κ2) is 8.31. The average Bonchev–Trinajstić information content (AvgIpc) is 3.23. The van der Waals surface area contributed by atoms with E-state index in [0.29, 0.717) is 5.76 Å². The highest BCUT2D eigenvalue weighted by molar-refractivity contribution is 6.00. The van der Waals surface area contributed by atoms with Gasteiger partial charge in [-0.25, -0.2) is 9.59 Å². The average molecular weight is 411 g/mol. The number of imide groups is 1. The minimum Gasteiger partial charge on any atom is -0.463 e. The number of furan rings is 1. The highest BCUT2D eigenvalue weighted by atomic mass is 16.5. The smallest absolute Gasteiger partial charge is 0.373 e. The molecule has 2 fully saturated rings. The van der Waals surface area contributed by atoms with Gasteiger partial charge >= 0.3 is 12.0 Å². The lowest BCUT2D eigenvalue weighted by molar-refractivity contribution is -0.137. The second-order valence-electron chi connectivity index (χ2n) is 7.72. The summed E-state index contributed by atoms with van der Waals surface area (Å²) in [7, 11) is 1.28. The van der Waals surface area contributed by atoms with E-state index < -0.39 is 12.0 Å². The third-order valence-electron chi connectivity index (χ3n) is 5.67. The lowest BCUT2D eigenvalue weighted by Gasteiger charge is -2.46. The fraction of sp³-hybridized carbons (Fsp3) is 0.409. The van der Waals surface area contributed by atoms with Gasteiger partial charge in [0.15, 0.2) is 0 Å². The van der Waals surface area contributed by atoms with Gasteiger partial charge < -0.3 is 19.4 Å². The minimum atomic E-state index is -0.570. The first kappa shape index (κ1) is 20.2. The zero-order valence-electron chi connectivity index (χ0n) is 17.1. The Balaban J connectivity index is 1.59. The minimum absolute atomic E-state index is 0.0860. The standard InChI is InChI=1S/C22H25N3O5/c1-14-5-7-15(8-6-14)12-25-20(26)19-17(4-3-11-23-19)24(22(25)28)13-16-9-10-18(30-16)21(27)29-2/h5-10,17,19,23H,3-4,11-13H2,1-2H3. The Morgan fingerprint density at radius 2 is 1.93 bits per heavy atom. The van der Waals surface area contributed by atoms with E-state index in [4.69, 9.17) is 4.42 Å². The quantitative estimate of drug-likeness (QED) is 0.760. The van der Waals surface area contributed by atoms with Crippen LogP contribution in [0.3, 0.4) is 0 Å². The molecule has 2 aliphatic heterocycles. The van der Waals surface area contributed by atoms with E-state index in [2.05, 4.69) is 10.1 Å². The monoisotopic (exact) mass is 411 g/mol. The molecule has 8 nitrogen and oxygen atoms in total. The molecule has 0 radical (unpaired) electrons. The van der Waals surface area contributed by atoms with E-state index in [1.165, 1.54) is 18.1 Å². The fourth-order valence-electron chi connectivity index (χ4n) is 4.07. The van der Waals surface area contributed by atoms with Crippen molar-refractivity contribution in [3.05, 3.63) is 59.0 Å². The maximum atomic E-state index is 13.3. The Hall–Kier alpha value is -3.13. The number of methoxy groups -OCH3 is 1. The molecule has 158 valence electrons. The van der Waals surface area contributed by atoms with Crippen molar-refractivity contribution in [1.82, 2.24) is 15.1 Å². The number of nitrogens with zero attached hydrogens (tertiary/aromatic N) is 2. The summed E-state index contributed by atoms with van der Waals surface area (Å²) in [4.78, 5) is 41.1. The number of nitrogens with one attached hydrogen (secondary N) is 1. The van der Waals surface area contributed by atoms with Gasteiger partial charge in [0.05, 0.1) is 26.2 Å². The van der Waals surface area contributed by atoms with Crippen LogP contribution in [0.25, 0.3) is 0 Å². The predicted molar refractivity (Wildman–Crippen MR) is 108 cm³/mol. The van der Waals surface area contributed by atoms with Crippen LogP contribution < -0.4 is 5.32 Å². The van der Waals surface area contributed by atoms with Crippen LogP contribution in [-0.4, -0.2) is 53.4 Å². The molecule has 4 rings (SSSR count). The molecule has 0 spiro atoms. The number of carbonyl (C=O) groups is 3. The molecule has 2 aromatic rings. The van der Waals surface area contributed by atoms with Crippen molar-refractivity contribution in [2.24, 2.45) is 0 Å². The summed E-state index contributed by atoms with van der Waals surface area (Å²) in [5.41, 5.74) is 2.01. The van der Waals surface area contributed by atoms with E-state index in [1.54, 1.807) is 11.0 Å². The Bertz CT molecular complexity index is 952. The summed E-state index contributed by atoms with van der Waals surface area (Å²) < 4.78 is 10.2. The van der Waals surface area contributed by atoms with Gasteiger partial charge in [-0.15, -0.1) is 0 Å². The lowest BCUT2D eigenvalue weighted by atomic mass is 9.93. The van der Waals surface area contributed by atoms with Crippen LogP contribution in [0.5, 0.6) is 0 Å². The van der Waals surface area contributed by atoms with Crippen LogP contribution in [0, 0.1) is 6.92 Å². The first-order valence-electron chi connectivity index (χ1n) is 10.1. The van der Waals surface area contributed by atoms with Crippen LogP contribution in [0.2, 0.25) is 0 Å². The van der Waals surface area contributed by atoms with Crippen LogP contribution in [-0.2, 0) is 22.6 Å². The SMILES string of the molecule is COC(=O)c1ccc(CN2C(=O)N(Cc3ccc(C)cc3)C(=O)C3NCCCC32)o1. The van der Waals surface area contributed by atoms with Crippen molar-refractivity contribution in [3.63, 3.8) is 0 Å². The summed E-state index contributed by atoms with van der Waals surface area (Å²) in [6.45, 7) is 3.12. The van der Waals surface area contributed by atoms with Crippen molar-refractivity contribution in [2.45, 2.75) is 44.9 Å². The lowest BCUT2D eigenvalue weighted by Crippen LogP contribution is -2.68. The molecular weight excluding hydrogens is 386 g/mol. The molecule has 30 heavy (non-hydrogen) atoms. The number of aryl methyl sites for hydroxylation is 1. The number of carbonyl (C=O) groups excluding carboxylic acids is 3. The zero-order valence-corrected chi connectivity index (χ0v) is 17.1. The molecule has 1 N–H and O–H groups in total. The maximum Gasteiger partial charge on any atom is 0.373 e. The number of rotatable bonds is 5. The predicted octanol–water partition coefficient (Wildman–Crippen LogP) is 2.46. The number of benzene rings is 1. The van der Waals surface area contributed by atoms with Gasteiger partial charge in [-0.1, -0.05) is 29.8 Å². The van der Waals surface area contributed by atoms with Crippen LogP contribution in [0.4, 0.5) is 4.79 Å². The van der Waals surface area contributed by atoms with Gasteiger partial charge in [-0.3, -0.25) is 9.69 Å². The Morgan fingerprint density at radius 3 is 2.67 bits per heavy atom. The fourth-order valence-corrected chi connectivity index (χ4v) is 4.07. The summed E-state index contributed by atoms with van der Waals surface area (Å²) in [6, 6.07) is 9.92. The van der Waals surface area contributed by atoms with E-state index in [9.17, 15) is 14.4 Å². The number of urea groups is 1. The van der Waals surface area contributed by atoms with E-state index in [0.717, 1.165) is 30.5 Å². The molecule has 2 unspecified atom stereocenters. The Morgan fingerprint density at radius 1 is 1.17 bits per heavy atom. The number of fused-ring (bicyclic) bond motifs is 1. The molecule has 2 aliphatic rings. The summed E-state index contributed by atoms with van der Waals surface area (Å²) >= 11 is 0. The molecule has 2 atom stereocenters.